The fourth-order valence-electron chi connectivity index (χ4n) is 4.10. The zero-order valence-corrected chi connectivity index (χ0v) is 17.7. The van der Waals surface area contributed by atoms with Gasteiger partial charge in [0.05, 0.1) is 5.56 Å². The summed E-state index contributed by atoms with van der Waals surface area (Å²) < 4.78 is 68.3. The van der Waals surface area contributed by atoms with E-state index >= 15 is 0 Å². The van der Waals surface area contributed by atoms with Crippen molar-refractivity contribution in [1.29, 1.82) is 0 Å². The summed E-state index contributed by atoms with van der Waals surface area (Å²) in [6, 6.07) is 13.7. The molecule has 2 aromatic carbocycles. The van der Waals surface area contributed by atoms with Crippen LogP contribution in [0.25, 0.3) is 0 Å². The number of carboxylic acid groups (broad SMARTS) is 1. The number of nitrogens with one attached hydrogen (secondary N) is 1. The number of hydrogen-bond donors (Lipinski definition) is 2. The van der Waals surface area contributed by atoms with Crippen molar-refractivity contribution >= 4 is 21.9 Å². The van der Waals surface area contributed by atoms with Crippen LogP contribution in [0.5, 0.6) is 0 Å². The Balaban J connectivity index is 1.44. The van der Waals surface area contributed by atoms with E-state index in [0.29, 0.717) is 5.69 Å². The van der Waals surface area contributed by atoms with Gasteiger partial charge in [0.2, 0.25) is 0 Å². The van der Waals surface area contributed by atoms with Crippen molar-refractivity contribution in [2.45, 2.75) is 24.1 Å². The summed E-state index contributed by atoms with van der Waals surface area (Å²) in [5.74, 6) is -1.71. The molecule has 1 aliphatic carbocycles. The molecule has 11 heteroatoms. The maximum atomic E-state index is 13.0. The highest BCUT2D eigenvalue weighted by Gasteiger charge is 2.63. The Bertz CT molecular complexity index is 1100. The lowest BCUT2D eigenvalue weighted by Crippen LogP contribution is -2.56. The number of alkyl halides is 3. The summed E-state index contributed by atoms with van der Waals surface area (Å²) in [6.07, 6.45) is -4.31. The summed E-state index contributed by atoms with van der Waals surface area (Å²) in [5.41, 5.74) is -1.26. The highest BCUT2D eigenvalue weighted by atomic mass is 32.2. The van der Waals surface area contributed by atoms with Gasteiger partial charge in [-0.05, 0) is 30.2 Å². The van der Waals surface area contributed by atoms with E-state index < -0.39 is 39.4 Å². The first-order chi connectivity index (χ1) is 15.0. The van der Waals surface area contributed by atoms with Crippen LogP contribution in [0.3, 0.4) is 0 Å². The van der Waals surface area contributed by atoms with E-state index in [9.17, 15) is 31.5 Å². The minimum atomic E-state index is -4.46. The smallest absolute Gasteiger partial charge is 0.416 e. The number of nitrogens with zero attached hydrogens (tertiary/aromatic N) is 2. The van der Waals surface area contributed by atoms with Gasteiger partial charge in [0.15, 0.2) is 0 Å². The fraction of sp³-hybridized carbons (Fsp3) is 0.381. The van der Waals surface area contributed by atoms with Crippen LogP contribution in [-0.2, 0) is 21.2 Å². The highest BCUT2D eigenvalue weighted by molar-refractivity contribution is 7.87. The third kappa shape index (κ3) is 4.32. The number of benzene rings is 2. The van der Waals surface area contributed by atoms with Crippen molar-refractivity contribution in [3.05, 3.63) is 65.7 Å². The SMILES string of the molecule is O=C(O)[C@@]1(NS(=O)(=O)N2CCN(c3cccc(C(F)(F)F)c3)CC2)C[C@H]1c1ccccc1. The van der Waals surface area contributed by atoms with Crippen LogP contribution < -0.4 is 9.62 Å². The van der Waals surface area contributed by atoms with Gasteiger partial charge in [-0.2, -0.15) is 30.6 Å². The predicted molar refractivity (Wildman–Crippen MR) is 111 cm³/mol. The Morgan fingerprint density at radius 1 is 1.03 bits per heavy atom. The highest BCUT2D eigenvalue weighted by Crippen LogP contribution is 2.52. The van der Waals surface area contributed by atoms with E-state index in [4.69, 9.17) is 0 Å². The lowest BCUT2D eigenvalue weighted by atomic mass is 10.1. The number of rotatable bonds is 6. The van der Waals surface area contributed by atoms with Crippen molar-refractivity contribution in [2.24, 2.45) is 0 Å². The molecule has 0 bridgehead atoms. The van der Waals surface area contributed by atoms with Crippen molar-refractivity contribution in [3.8, 4) is 0 Å². The predicted octanol–water partition coefficient (Wildman–Crippen LogP) is 2.67. The van der Waals surface area contributed by atoms with Crippen molar-refractivity contribution in [3.63, 3.8) is 0 Å². The maximum Gasteiger partial charge on any atom is 0.416 e. The summed E-state index contributed by atoms with van der Waals surface area (Å²) >= 11 is 0. The number of anilines is 1. The van der Waals surface area contributed by atoms with Crippen molar-refractivity contribution in [1.82, 2.24) is 9.03 Å². The van der Waals surface area contributed by atoms with Crippen LogP contribution in [-0.4, -0.2) is 55.5 Å². The fourth-order valence-corrected chi connectivity index (χ4v) is 5.65. The molecule has 2 aromatic rings. The quantitative estimate of drug-likeness (QED) is 0.679. The van der Waals surface area contributed by atoms with E-state index in [1.165, 1.54) is 6.07 Å². The average Bonchev–Trinajstić information content (AvgIpc) is 3.49. The normalized spacial score (nSPS) is 24.3. The lowest BCUT2D eigenvalue weighted by Gasteiger charge is -2.36. The molecule has 0 amide bonds. The van der Waals surface area contributed by atoms with Crippen LogP contribution in [0, 0.1) is 0 Å². The maximum absolute atomic E-state index is 13.0. The molecule has 1 saturated carbocycles. The third-order valence-corrected chi connectivity index (χ3v) is 7.64. The van der Waals surface area contributed by atoms with Gasteiger partial charge >= 0.3 is 12.1 Å². The molecule has 172 valence electrons. The standard InChI is InChI=1S/C21H22F3N3O4S/c22-21(23,24)16-7-4-8-17(13-16)26-9-11-27(12-10-26)32(30,31)25-20(19(28)29)14-18(20)15-5-2-1-3-6-15/h1-8,13,18,25H,9-12,14H2,(H,28,29)/t18-,20+/m0/s1. The van der Waals surface area contributed by atoms with Gasteiger partial charge < -0.3 is 10.0 Å². The molecule has 4 rings (SSSR count). The molecule has 0 radical (unpaired) electrons. The lowest BCUT2D eigenvalue weighted by molar-refractivity contribution is -0.140. The zero-order valence-electron chi connectivity index (χ0n) is 16.9. The first-order valence-electron chi connectivity index (χ1n) is 10.0. The van der Waals surface area contributed by atoms with E-state index in [0.717, 1.165) is 22.0 Å². The van der Waals surface area contributed by atoms with Crippen LogP contribution in [0.1, 0.15) is 23.5 Å². The molecule has 7 nitrogen and oxygen atoms in total. The van der Waals surface area contributed by atoms with Gasteiger partial charge in [0.1, 0.15) is 5.54 Å². The molecule has 0 aromatic heterocycles. The Hall–Kier alpha value is -2.63. The Morgan fingerprint density at radius 2 is 1.69 bits per heavy atom. The van der Waals surface area contributed by atoms with Crippen LogP contribution >= 0.6 is 0 Å². The molecule has 1 aliphatic heterocycles. The van der Waals surface area contributed by atoms with Gasteiger partial charge in [-0.25, -0.2) is 0 Å². The number of hydrogen-bond acceptors (Lipinski definition) is 4. The molecular formula is C21H22F3N3O4S. The molecular weight excluding hydrogens is 447 g/mol. The zero-order chi connectivity index (χ0) is 23.1. The van der Waals surface area contributed by atoms with Crippen LogP contribution in [0.4, 0.5) is 18.9 Å². The van der Waals surface area contributed by atoms with Crippen molar-refractivity contribution in [2.75, 3.05) is 31.1 Å². The monoisotopic (exact) mass is 469 g/mol. The number of piperazine rings is 1. The van der Waals surface area contributed by atoms with Crippen LogP contribution in [0.2, 0.25) is 0 Å². The molecule has 2 aliphatic rings. The minimum absolute atomic E-state index is 0.0251. The first kappa shape index (κ1) is 22.6. The van der Waals surface area contributed by atoms with Crippen LogP contribution in [0.15, 0.2) is 54.6 Å². The Kier molecular flexibility index (Phi) is 5.68. The second kappa shape index (κ2) is 8.05. The minimum Gasteiger partial charge on any atom is -0.480 e. The molecule has 2 N–H and O–H groups in total. The van der Waals surface area contributed by atoms with Gasteiger partial charge in [-0.3, -0.25) is 4.79 Å². The average molecular weight is 469 g/mol. The summed E-state index contributed by atoms with van der Waals surface area (Å²) in [5, 5.41) is 9.73. The molecule has 32 heavy (non-hydrogen) atoms. The van der Waals surface area contributed by atoms with Gasteiger partial charge in [0, 0.05) is 37.8 Å². The van der Waals surface area contributed by atoms with E-state index in [1.54, 1.807) is 41.3 Å². The van der Waals surface area contributed by atoms with Crippen molar-refractivity contribution < 1.29 is 31.5 Å². The topological polar surface area (TPSA) is 89.9 Å². The summed E-state index contributed by atoms with van der Waals surface area (Å²) in [7, 11) is -4.11. The molecule has 2 atom stereocenters. The number of halogens is 3. The number of carboxylic acids is 1. The third-order valence-electron chi connectivity index (χ3n) is 5.97. The molecule has 2 fully saturated rings. The largest absolute Gasteiger partial charge is 0.480 e. The number of aliphatic carboxylic acids is 1. The first-order valence-corrected chi connectivity index (χ1v) is 11.5. The molecule has 1 saturated heterocycles. The van der Waals surface area contributed by atoms with E-state index in [-0.39, 0.29) is 32.6 Å². The van der Waals surface area contributed by atoms with E-state index in [1.807, 2.05) is 0 Å². The Labute approximate surface area is 183 Å². The second-order valence-electron chi connectivity index (χ2n) is 7.99. The second-order valence-corrected chi connectivity index (χ2v) is 9.66. The van der Waals surface area contributed by atoms with Gasteiger partial charge in [-0.1, -0.05) is 36.4 Å². The van der Waals surface area contributed by atoms with Gasteiger partial charge in [0.25, 0.3) is 10.2 Å². The Morgan fingerprint density at radius 3 is 2.28 bits per heavy atom. The summed E-state index contributed by atoms with van der Waals surface area (Å²) in [6.45, 7) is 0.420. The number of carbonyl (C=O) groups is 1. The molecule has 1 heterocycles. The summed E-state index contributed by atoms with van der Waals surface area (Å²) in [4.78, 5) is 13.6. The molecule has 0 spiro atoms. The molecule has 0 unspecified atom stereocenters. The van der Waals surface area contributed by atoms with Gasteiger partial charge in [-0.15, -0.1) is 0 Å². The van der Waals surface area contributed by atoms with E-state index in [2.05, 4.69) is 4.72 Å².